The van der Waals surface area contributed by atoms with Crippen molar-refractivity contribution in [2.24, 2.45) is 5.10 Å². The molecule has 0 aliphatic rings. The molecule has 0 heterocycles. The van der Waals surface area contributed by atoms with Gasteiger partial charge in [-0.05, 0) is 87.0 Å². The molecule has 0 aromatic heterocycles. The molecule has 0 aliphatic carbocycles. The van der Waals surface area contributed by atoms with Crippen molar-refractivity contribution in [1.29, 1.82) is 0 Å². The predicted molar refractivity (Wildman–Crippen MR) is 137 cm³/mol. The molecule has 3 aromatic rings. The molecular weight excluding hydrogens is 466 g/mol. The number of hydrogen-bond acceptors (Lipinski definition) is 6. The van der Waals surface area contributed by atoms with Crippen molar-refractivity contribution >= 4 is 27.3 Å². The molecular formula is C26H29N3O5S. The van der Waals surface area contributed by atoms with Crippen LogP contribution in [0.25, 0.3) is 0 Å². The normalized spacial score (nSPS) is 11.6. The maximum absolute atomic E-state index is 13.5. The zero-order valence-corrected chi connectivity index (χ0v) is 21.0. The van der Waals surface area contributed by atoms with E-state index in [2.05, 4.69) is 10.5 Å². The van der Waals surface area contributed by atoms with Crippen LogP contribution in [-0.2, 0) is 14.8 Å². The monoisotopic (exact) mass is 495 g/mol. The fourth-order valence-corrected chi connectivity index (χ4v) is 4.66. The number of anilines is 1. The first-order valence-electron chi connectivity index (χ1n) is 11.0. The van der Waals surface area contributed by atoms with Crippen LogP contribution in [0, 0.1) is 6.92 Å². The molecule has 1 N–H and O–H groups in total. The minimum atomic E-state index is -4.02. The van der Waals surface area contributed by atoms with Crippen LogP contribution in [0.15, 0.2) is 82.8 Å². The largest absolute Gasteiger partial charge is 0.497 e. The number of nitrogens with one attached hydrogen (secondary N) is 1. The number of carbonyl (C=O) groups excluding carboxylic acids is 1. The van der Waals surface area contributed by atoms with Gasteiger partial charge in [-0.1, -0.05) is 17.7 Å². The van der Waals surface area contributed by atoms with Gasteiger partial charge in [-0.25, -0.2) is 13.8 Å². The smallest absolute Gasteiger partial charge is 0.264 e. The first-order valence-corrected chi connectivity index (χ1v) is 12.5. The van der Waals surface area contributed by atoms with Gasteiger partial charge in [-0.2, -0.15) is 5.10 Å². The van der Waals surface area contributed by atoms with E-state index in [0.29, 0.717) is 29.5 Å². The molecule has 0 atom stereocenters. The lowest BCUT2D eigenvalue weighted by Crippen LogP contribution is -2.39. The van der Waals surface area contributed by atoms with Crippen LogP contribution >= 0.6 is 0 Å². The number of aryl methyl sites for hydroxylation is 1. The van der Waals surface area contributed by atoms with Crippen LogP contribution in [0.2, 0.25) is 0 Å². The molecule has 0 aliphatic heterocycles. The zero-order valence-electron chi connectivity index (χ0n) is 20.2. The number of ether oxygens (including phenoxy) is 2. The Morgan fingerprint density at radius 1 is 0.943 bits per heavy atom. The van der Waals surface area contributed by atoms with E-state index in [0.717, 1.165) is 15.4 Å². The molecule has 0 saturated heterocycles. The average molecular weight is 496 g/mol. The molecule has 0 saturated carbocycles. The summed E-state index contributed by atoms with van der Waals surface area (Å²) in [5.74, 6) is 0.730. The number of nitrogens with zero attached hydrogens (tertiary/aromatic N) is 2. The highest BCUT2D eigenvalue weighted by Crippen LogP contribution is 2.26. The molecule has 3 rings (SSSR count). The summed E-state index contributed by atoms with van der Waals surface area (Å²) in [6.45, 7) is 5.51. The lowest BCUT2D eigenvalue weighted by atomic mass is 10.1. The SMILES string of the molecule is CCOc1ccc(N(CC(=O)N/N=C(/C)c2ccc(OC)cc2)S(=O)(=O)c2ccc(C)cc2)cc1. The van der Waals surface area contributed by atoms with E-state index in [-0.39, 0.29) is 4.90 Å². The fraction of sp³-hybridized carbons (Fsp3) is 0.231. The van der Waals surface area contributed by atoms with Gasteiger partial charge in [0.15, 0.2) is 0 Å². The average Bonchev–Trinajstić information content (AvgIpc) is 2.87. The van der Waals surface area contributed by atoms with Crippen molar-refractivity contribution in [2.45, 2.75) is 25.7 Å². The van der Waals surface area contributed by atoms with Gasteiger partial charge in [-0.15, -0.1) is 0 Å². The number of benzene rings is 3. The molecule has 3 aromatic carbocycles. The maximum atomic E-state index is 13.5. The Morgan fingerprint density at radius 2 is 1.54 bits per heavy atom. The molecule has 35 heavy (non-hydrogen) atoms. The Balaban J connectivity index is 1.85. The van der Waals surface area contributed by atoms with Gasteiger partial charge in [0.1, 0.15) is 18.0 Å². The maximum Gasteiger partial charge on any atom is 0.264 e. The highest BCUT2D eigenvalue weighted by Gasteiger charge is 2.27. The summed E-state index contributed by atoms with van der Waals surface area (Å²) in [6, 6.07) is 20.2. The van der Waals surface area contributed by atoms with Crippen molar-refractivity contribution in [1.82, 2.24) is 5.43 Å². The van der Waals surface area contributed by atoms with E-state index in [1.807, 2.05) is 26.0 Å². The molecule has 0 fully saturated rings. The van der Waals surface area contributed by atoms with Gasteiger partial charge < -0.3 is 9.47 Å². The van der Waals surface area contributed by atoms with Gasteiger partial charge in [0, 0.05) is 0 Å². The molecule has 1 amide bonds. The minimum absolute atomic E-state index is 0.0858. The second kappa shape index (κ2) is 11.5. The van der Waals surface area contributed by atoms with Gasteiger partial charge >= 0.3 is 0 Å². The van der Waals surface area contributed by atoms with E-state index in [1.165, 1.54) is 12.1 Å². The van der Waals surface area contributed by atoms with Crippen LogP contribution in [0.3, 0.4) is 0 Å². The minimum Gasteiger partial charge on any atom is -0.497 e. The Kier molecular flexibility index (Phi) is 8.48. The second-order valence-electron chi connectivity index (χ2n) is 7.71. The summed E-state index contributed by atoms with van der Waals surface area (Å²) < 4.78 is 38.6. The highest BCUT2D eigenvalue weighted by atomic mass is 32.2. The van der Waals surface area contributed by atoms with E-state index in [9.17, 15) is 13.2 Å². The standard InChI is InChI=1S/C26H29N3O5S/c1-5-34-24-14-10-22(11-15-24)29(35(31,32)25-16-6-19(2)7-17-25)18-26(30)28-27-20(3)21-8-12-23(33-4)13-9-21/h6-17H,5,18H2,1-4H3,(H,28,30)/b27-20-. The predicted octanol–water partition coefficient (Wildman–Crippen LogP) is 4.14. The number of amides is 1. The lowest BCUT2D eigenvalue weighted by molar-refractivity contribution is -0.119. The molecule has 8 nitrogen and oxygen atoms in total. The summed E-state index contributed by atoms with van der Waals surface area (Å²) in [4.78, 5) is 12.9. The topological polar surface area (TPSA) is 97.3 Å². The molecule has 184 valence electrons. The number of rotatable bonds is 10. The summed E-state index contributed by atoms with van der Waals surface area (Å²) in [5.41, 5.74) is 5.08. The number of hydrogen-bond donors (Lipinski definition) is 1. The van der Waals surface area contributed by atoms with Gasteiger partial charge in [0.05, 0.1) is 30.0 Å². The first kappa shape index (κ1) is 25.8. The van der Waals surface area contributed by atoms with Crippen molar-refractivity contribution in [3.8, 4) is 11.5 Å². The van der Waals surface area contributed by atoms with Crippen molar-refractivity contribution < 1.29 is 22.7 Å². The fourth-order valence-electron chi connectivity index (χ4n) is 3.24. The van der Waals surface area contributed by atoms with Crippen LogP contribution < -0.4 is 19.2 Å². The van der Waals surface area contributed by atoms with Crippen LogP contribution in [0.4, 0.5) is 5.69 Å². The summed E-state index contributed by atoms with van der Waals surface area (Å²) in [7, 11) is -2.44. The zero-order chi connectivity index (χ0) is 25.4. The third kappa shape index (κ3) is 6.60. The molecule has 0 bridgehead atoms. The third-order valence-corrected chi connectivity index (χ3v) is 6.98. The number of hydrazone groups is 1. The number of methoxy groups -OCH3 is 1. The van der Waals surface area contributed by atoms with Crippen molar-refractivity contribution in [3.63, 3.8) is 0 Å². The van der Waals surface area contributed by atoms with Crippen molar-refractivity contribution in [2.75, 3.05) is 24.6 Å². The Bertz CT molecular complexity index is 1270. The molecule has 0 radical (unpaired) electrons. The van der Waals surface area contributed by atoms with Crippen LogP contribution in [0.5, 0.6) is 11.5 Å². The summed E-state index contributed by atoms with van der Waals surface area (Å²) in [5, 5.41) is 4.14. The van der Waals surface area contributed by atoms with E-state index < -0.39 is 22.5 Å². The van der Waals surface area contributed by atoms with E-state index in [1.54, 1.807) is 62.6 Å². The number of carbonyl (C=O) groups is 1. The quantitative estimate of drug-likeness (QED) is 0.337. The number of sulfonamides is 1. The molecule has 9 heteroatoms. The second-order valence-corrected chi connectivity index (χ2v) is 9.57. The van der Waals surface area contributed by atoms with E-state index >= 15 is 0 Å². The van der Waals surface area contributed by atoms with Crippen LogP contribution in [-0.4, -0.2) is 40.3 Å². The molecule has 0 spiro atoms. The lowest BCUT2D eigenvalue weighted by Gasteiger charge is -2.24. The highest BCUT2D eigenvalue weighted by molar-refractivity contribution is 7.92. The first-order chi connectivity index (χ1) is 16.7. The Morgan fingerprint density at radius 3 is 2.11 bits per heavy atom. The summed E-state index contributed by atoms with van der Waals surface area (Å²) in [6.07, 6.45) is 0. The van der Waals surface area contributed by atoms with Gasteiger partial charge in [-0.3, -0.25) is 9.10 Å². The van der Waals surface area contributed by atoms with Gasteiger partial charge in [0.2, 0.25) is 0 Å². The third-order valence-electron chi connectivity index (χ3n) is 5.19. The molecule has 0 unspecified atom stereocenters. The van der Waals surface area contributed by atoms with E-state index in [4.69, 9.17) is 9.47 Å². The van der Waals surface area contributed by atoms with Gasteiger partial charge in [0.25, 0.3) is 15.9 Å². The Hall–Kier alpha value is -3.85. The summed E-state index contributed by atoms with van der Waals surface area (Å²) >= 11 is 0. The van der Waals surface area contributed by atoms with Crippen molar-refractivity contribution in [3.05, 3.63) is 83.9 Å². The van der Waals surface area contributed by atoms with Crippen LogP contribution in [0.1, 0.15) is 25.0 Å². The Labute approximate surface area is 206 Å².